The lowest BCUT2D eigenvalue weighted by atomic mass is 10.1. The summed E-state index contributed by atoms with van der Waals surface area (Å²) in [7, 11) is 0. The third-order valence-electron chi connectivity index (χ3n) is 4.54. The van der Waals surface area contributed by atoms with E-state index in [1.165, 1.54) is 6.33 Å². The molecule has 0 aliphatic carbocycles. The minimum absolute atomic E-state index is 0.00431. The first-order valence-corrected chi connectivity index (χ1v) is 9.00. The number of nitrogens with zero attached hydrogens (tertiary/aromatic N) is 3. The van der Waals surface area contributed by atoms with Gasteiger partial charge in [0.05, 0.1) is 4.92 Å². The lowest BCUT2D eigenvalue weighted by Gasteiger charge is -2.10. The van der Waals surface area contributed by atoms with Gasteiger partial charge in [0, 0.05) is 11.8 Å². The van der Waals surface area contributed by atoms with Gasteiger partial charge in [-0.05, 0) is 35.0 Å². The minimum Gasteiger partial charge on any atom is -0.454 e. The monoisotopic (exact) mass is 402 g/mol. The smallest absolute Gasteiger partial charge is 0.373 e. The maximum atomic E-state index is 11.8. The van der Waals surface area contributed by atoms with Crippen molar-refractivity contribution in [1.82, 2.24) is 9.97 Å². The molecule has 0 atom stereocenters. The molecule has 0 radical (unpaired) electrons. The molecule has 148 valence electrons. The summed E-state index contributed by atoms with van der Waals surface area (Å²) in [5.41, 5.74) is 0.182. The molecule has 0 bridgehead atoms. The number of fused-ring (bicyclic) bond motifs is 2. The number of rotatable bonds is 5. The maximum absolute atomic E-state index is 11.8. The van der Waals surface area contributed by atoms with Crippen LogP contribution >= 0.6 is 0 Å². The Morgan fingerprint density at radius 1 is 0.967 bits per heavy atom. The fourth-order valence-electron chi connectivity index (χ4n) is 3.15. The molecule has 4 aromatic rings. The van der Waals surface area contributed by atoms with Crippen LogP contribution in [0, 0.1) is 10.1 Å². The van der Waals surface area contributed by atoms with E-state index in [1.54, 1.807) is 30.3 Å². The van der Waals surface area contributed by atoms with Crippen molar-refractivity contribution >= 4 is 28.0 Å². The Morgan fingerprint density at radius 2 is 1.80 bits per heavy atom. The fraction of sp³-hybridized carbons (Fsp3) is 0.0476. The number of ether oxygens (including phenoxy) is 3. The summed E-state index contributed by atoms with van der Waals surface area (Å²) in [6.45, 7) is 0.135. The second kappa shape index (κ2) is 7.21. The molecule has 0 fully saturated rings. The van der Waals surface area contributed by atoms with Crippen LogP contribution in [0.2, 0.25) is 0 Å². The number of hydrogen-bond acceptors (Lipinski definition) is 8. The third kappa shape index (κ3) is 3.28. The van der Waals surface area contributed by atoms with Crippen molar-refractivity contribution in [3.63, 3.8) is 0 Å². The summed E-state index contributed by atoms with van der Waals surface area (Å²) >= 11 is 0. The highest BCUT2D eigenvalue weighted by atomic mass is 16.7. The van der Waals surface area contributed by atoms with Crippen LogP contribution in [-0.4, -0.2) is 21.7 Å². The van der Waals surface area contributed by atoms with Crippen LogP contribution in [0.3, 0.4) is 0 Å². The molecule has 0 saturated carbocycles. The van der Waals surface area contributed by atoms with Crippen molar-refractivity contribution in [2.24, 2.45) is 0 Å². The highest BCUT2D eigenvalue weighted by Gasteiger charge is 2.26. The topological polar surface area (TPSA) is 109 Å². The molecule has 1 aromatic heterocycles. The summed E-state index contributed by atoms with van der Waals surface area (Å²) < 4.78 is 16.4. The van der Waals surface area contributed by atoms with Crippen LogP contribution in [0.1, 0.15) is 0 Å². The molecule has 9 nitrogen and oxygen atoms in total. The molecule has 0 spiro atoms. The van der Waals surface area contributed by atoms with Crippen LogP contribution in [0.5, 0.6) is 23.1 Å². The second-order valence-corrected chi connectivity index (χ2v) is 6.44. The maximum Gasteiger partial charge on any atom is 0.373 e. The number of anilines is 2. The summed E-state index contributed by atoms with van der Waals surface area (Å²) in [4.78, 5) is 19.2. The molecule has 30 heavy (non-hydrogen) atoms. The van der Waals surface area contributed by atoms with E-state index < -0.39 is 4.92 Å². The van der Waals surface area contributed by atoms with Gasteiger partial charge < -0.3 is 19.5 Å². The minimum atomic E-state index is -0.578. The van der Waals surface area contributed by atoms with Crippen molar-refractivity contribution in [3.05, 3.63) is 77.1 Å². The molecular weight excluding hydrogens is 388 g/mol. The van der Waals surface area contributed by atoms with E-state index >= 15 is 0 Å². The van der Waals surface area contributed by atoms with Gasteiger partial charge in [-0.25, -0.2) is 4.98 Å². The summed E-state index contributed by atoms with van der Waals surface area (Å²) in [6, 6.07) is 18.3. The van der Waals surface area contributed by atoms with E-state index in [4.69, 9.17) is 14.2 Å². The van der Waals surface area contributed by atoms with Crippen molar-refractivity contribution in [3.8, 4) is 23.1 Å². The lowest BCUT2D eigenvalue weighted by molar-refractivity contribution is -0.385. The summed E-state index contributed by atoms with van der Waals surface area (Å²) in [6.07, 6.45) is 1.21. The number of nitrogens with one attached hydrogen (secondary N) is 1. The molecule has 0 amide bonds. The SMILES string of the molecule is O=[N+]([O-])c1c(Nc2ccc3c(c2)OCO3)ncnc1Oc1ccc2ccccc2c1. The largest absolute Gasteiger partial charge is 0.454 e. The predicted molar refractivity (Wildman–Crippen MR) is 109 cm³/mol. The Morgan fingerprint density at radius 3 is 2.67 bits per heavy atom. The van der Waals surface area contributed by atoms with Gasteiger partial charge in [-0.2, -0.15) is 4.98 Å². The molecule has 2 heterocycles. The molecule has 9 heteroatoms. The predicted octanol–water partition coefficient (Wildman–Crippen LogP) is 4.80. The molecule has 0 unspecified atom stereocenters. The van der Waals surface area contributed by atoms with Gasteiger partial charge in [0.15, 0.2) is 11.5 Å². The Labute approximate surface area is 170 Å². The van der Waals surface area contributed by atoms with E-state index in [2.05, 4.69) is 15.3 Å². The normalized spacial score (nSPS) is 12.0. The van der Waals surface area contributed by atoms with Crippen molar-refractivity contribution in [2.45, 2.75) is 0 Å². The highest BCUT2D eigenvalue weighted by Crippen LogP contribution is 2.39. The number of benzene rings is 3. The fourth-order valence-corrected chi connectivity index (χ4v) is 3.15. The second-order valence-electron chi connectivity index (χ2n) is 6.44. The average Bonchev–Trinajstić information content (AvgIpc) is 3.21. The molecule has 5 rings (SSSR count). The Kier molecular flexibility index (Phi) is 4.25. The zero-order valence-corrected chi connectivity index (χ0v) is 15.4. The molecule has 1 N–H and O–H groups in total. The van der Waals surface area contributed by atoms with E-state index in [0.29, 0.717) is 22.9 Å². The van der Waals surface area contributed by atoms with Crippen molar-refractivity contribution in [1.29, 1.82) is 0 Å². The van der Waals surface area contributed by atoms with Crippen molar-refractivity contribution < 1.29 is 19.1 Å². The van der Waals surface area contributed by atoms with Gasteiger partial charge >= 0.3 is 11.6 Å². The molecule has 1 aliphatic rings. The quantitative estimate of drug-likeness (QED) is 0.374. The van der Waals surface area contributed by atoms with Gasteiger partial charge in [-0.3, -0.25) is 10.1 Å². The molecule has 0 saturated heterocycles. The average molecular weight is 402 g/mol. The van der Waals surface area contributed by atoms with Crippen molar-refractivity contribution in [2.75, 3.05) is 12.1 Å². The van der Waals surface area contributed by atoms with Gasteiger partial charge in [0.25, 0.3) is 0 Å². The van der Waals surface area contributed by atoms with Crippen LogP contribution in [0.25, 0.3) is 10.8 Å². The zero-order chi connectivity index (χ0) is 20.5. The Hall–Kier alpha value is -4.40. The summed E-state index contributed by atoms with van der Waals surface area (Å²) in [5, 5.41) is 16.7. The first-order valence-electron chi connectivity index (χ1n) is 9.00. The standard InChI is InChI=1S/C21H14N4O5/c26-25(27)19-20(24-15-6-8-17-18(10-15)29-12-28-17)22-11-23-21(19)30-16-7-5-13-3-1-2-4-14(13)9-16/h1-11H,12H2,(H,22,23,24). The van der Waals surface area contributed by atoms with Gasteiger partial charge in [-0.1, -0.05) is 30.3 Å². The molecule has 1 aliphatic heterocycles. The summed E-state index contributed by atoms with van der Waals surface area (Å²) in [5.74, 6) is 1.44. The Bertz CT molecular complexity index is 1280. The first-order chi connectivity index (χ1) is 14.7. The first kappa shape index (κ1) is 17.7. The van der Waals surface area contributed by atoms with E-state index in [0.717, 1.165) is 10.8 Å². The molecule has 3 aromatic carbocycles. The van der Waals surface area contributed by atoms with Gasteiger partial charge in [0.2, 0.25) is 12.6 Å². The van der Waals surface area contributed by atoms with Crippen LogP contribution in [-0.2, 0) is 0 Å². The zero-order valence-electron chi connectivity index (χ0n) is 15.4. The third-order valence-corrected chi connectivity index (χ3v) is 4.54. The van der Waals surface area contributed by atoms with E-state index in [1.807, 2.05) is 30.3 Å². The highest BCUT2D eigenvalue weighted by molar-refractivity contribution is 5.84. The van der Waals surface area contributed by atoms with Gasteiger partial charge in [0.1, 0.15) is 12.1 Å². The van der Waals surface area contributed by atoms with E-state index in [9.17, 15) is 10.1 Å². The van der Waals surface area contributed by atoms with Crippen LogP contribution in [0.15, 0.2) is 67.0 Å². The lowest BCUT2D eigenvalue weighted by Crippen LogP contribution is -2.03. The van der Waals surface area contributed by atoms with Gasteiger partial charge in [-0.15, -0.1) is 0 Å². The number of aromatic nitrogens is 2. The van der Waals surface area contributed by atoms with Crippen LogP contribution in [0.4, 0.5) is 17.2 Å². The Balaban J connectivity index is 1.48. The van der Waals surface area contributed by atoms with Crippen LogP contribution < -0.4 is 19.5 Å². The number of nitro groups is 1. The van der Waals surface area contributed by atoms with E-state index in [-0.39, 0.29) is 24.2 Å². The number of hydrogen-bond donors (Lipinski definition) is 1. The molecular formula is C21H14N4O5.